The standard InChI is InChI=1S/C22H21FN2O6S/c1-29-19-12-16(13-20(30-2)21(19)31-3)32(27,28)25-18-7-5-4-6-17(18)24-22(26)14-8-10-15(23)11-9-14/h4-13,25H,1-3H3,(H,24,26). The lowest BCUT2D eigenvalue weighted by Crippen LogP contribution is -2.17. The first-order valence-electron chi connectivity index (χ1n) is 9.28. The number of para-hydroxylation sites is 2. The number of halogens is 1. The summed E-state index contributed by atoms with van der Waals surface area (Å²) < 4.78 is 57.4. The molecule has 0 atom stereocenters. The summed E-state index contributed by atoms with van der Waals surface area (Å²) in [5, 5.41) is 2.63. The summed E-state index contributed by atoms with van der Waals surface area (Å²) in [6, 6.07) is 13.8. The fourth-order valence-corrected chi connectivity index (χ4v) is 4.00. The fraction of sp³-hybridized carbons (Fsp3) is 0.136. The second kappa shape index (κ2) is 9.56. The Morgan fingerprint density at radius 1 is 0.844 bits per heavy atom. The second-order valence-electron chi connectivity index (χ2n) is 6.47. The largest absolute Gasteiger partial charge is 0.493 e. The quantitative estimate of drug-likeness (QED) is 0.529. The Morgan fingerprint density at radius 2 is 1.41 bits per heavy atom. The van der Waals surface area contributed by atoms with Crippen LogP contribution in [0.4, 0.5) is 15.8 Å². The van der Waals surface area contributed by atoms with Gasteiger partial charge in [0.25, 0.3) is 15.9 Å². The van der Waals surface area contributed by atoms with Crippen molar-refractivity contribution in [2.45, 2.75) is 4.90 Å². The van der Waals surface area contributed by atoms with Gasteiger partial charge in [0.05, 0.1) is 37.6 Å². The van der Waals surface area contributed by atoms with Crippen LogP contribution in [0.2, 0.25) is 0 Å². The van der Waals surface area contributed by atoms with Crippen molar-refractivity contribution in [3.63, 3.8) is 0 Å². The number of nitrogens with one attached hydrogen (secondary N) is 2. The lowest BCUT2D eigenvalue weighted by atomic mass is 10.2. The van der Waals surface area contributed by atoms with Gasteiger partial charge < -0.3 is 19.5 Å². The highest BCUT2D eigenvalue weighted by Gasteiger charge is 2.22. The third kappa shape index (κ3) is 4.92. The van der Waals surface area contributed by atoms with Gasteiger partial charge in [-0.3, -0.25) is 9.52 Å². The zero-order valence-corrected chi connectivity index (χ0v) is 18.3. The first-order chi connectivity index (χ1) is 15.3. The predicted molar refractivity (Wildman–Crippen MR) is 118 cm³/mol. The minimum atomic E-state index is -4.10. The molecule has 0 saturated carbocycles. The number of anilines is 2. The van der Waals surface area contributed by atoms with E-state index >= 15 is 0 Å². The number of ether oxygens (including phenoxy) is 3. The number of sulfonamides is 1. The Hall–Kier alpha value is -3.79. The van der Waals surface area contributed by atoms with Crippen molar-refractivity contribution >= 4 is 27.3 Å². The van der Waals surface area contributed by atoms with Crippen LogP contribution >= 0.6 is 0 Å². The molecule has 3 aromatic carbocycles. The summed E-state index contributed by atoms with van der Waals surface area (Å²) in [4.78, 5) is 12.4. The number of methoxy groups -OCH3 is 3. The molecule has 8 nitrogen and oxygen atoms in total. The second-order valence-corrected chi connectivity index (χ2v) is 8.16. The molecule has 0 aliphatic heterocycles. The normalized spacial score (nSPS) is 10.9. The van der Waals surface area contributed by atoms with Crippen molar-refractivity contribution in [1.82, 2.24) is 0 Å². The fourth-order valence-electron chi connectivity index (χ4n) is 2.89. The van der Waals surface area contributed by atoms with Gasteiger partial charge >= 0.3 is 0 Å². The van der Waals surface area contributed by atoms with Gasteiger partial charge in [-0.15, -0.1) is 0 Å². The average molecular weight is 460 g/mol. The van der Waals surface area contributed by atoms with E-state index < -0.39 is 21.7 Å². The van der Waals surface area contributed by atoms with Crippen LogP contribution in [-0.2, 0) is 10.0 Å². The number of hydrogen-bond donors (Lipinski definition) is 2. The molecule has 32 heavy (non-hydrogen) atoms. The van der Waals surface area contributed by atoms with Gasteiger partial charge in [0.2, 0.25) is 5.75 Å². The molecule has 0 aliphatic rings. The summed E-state index contributed by atoms with van der Waals surface area (Å²) >= 11 is 0. The Morgan fingerprint density at radius 3 is 1.94 bits per heavy atom. The van der Waals surface area contributed by atoms with E-state index in [0.29, 0.717) is 0 Å². The molecule has 10 heteroatoms. The Bertz CT molecular complexity index is 1200. The third-order valence-electron chi connectivity index (χ3n) is 4.47. The van der Waals surface area contributed by atoms with Crippen molar-refractivity contribution in [1.29, 1.82) is 0 Å². The molecule has 0 aliphatic carbocycles. The first-order valence-corrected chi connectivity index (χ1v) is 10.8. The Balaban J connectivity index is 1.92. The van der Waals surface area contributed by atoms with Gasteiger partial charge in [0.1, 0.15) is 5.82 Å². The zero-order chi connectivity index (χ0) is 23.3. The van der Waals surface area contributed by atoms with Crippen LogP contribution < -0.4 is 24.2 Å². The number of carbonyl (C=O) groups excluding carboxylic acids is 1. The molecule has 0 radical (unpaired) electrons. The number of amides is 1. The summed E-state index contributed by atoms with van der Waals surface area (Å²) in [6.45, 7) is 0. The molecular formula is C22H21FN2O6S. The lowest BCUT2D eigenvalue weighted by molar-refractivity contribution is 0.102. The van der Waals surface area contributed by atoms with Crippen LogP contribution in [0, 0.1) is 5.82 Å². The number of rotatable bonds is 8. The van der Waals surface area contributed by atoms with Gasteiger partial charge in [-0.2, -0.15) is 0 Å². The maximum absolute atomic E-state index is 13.1. The van der Waals surface area contributed by atoms with Crippen LogP contribution in [0.5, 0.6) is 17.2 Å². The lowest BCUT2D eigenvalue weighted by Gasteiger charge is -2.16. The number of hydrogen-bond acceptors (Lipinski definition) is 6. The van der Waals surface area contributed by atoms with Crippen LogP contribution in [0.25, 0.3) is 0 Å². The minimum Gasteiger partial charge on any atom is -0.493 e. The molecule has 0 unspecified atom stereocenters. The van der Waals surface area contributed by atoms with Gasteiger partial charge in [-0.05, 0) is 36.4 Å². The van der Waals surface area contributed by atoms with Crippen LogP contribution in [0.3, 0.4) is 0 Å². The van der Waals surface area contributed by atoms with Crippen molar-refractivity contribution in [2.24, 2.45) is 0 Å². The zero-order valence-electron chi connectivity index (χ0n) is 17.5. The summed E-state index contributed by atoms with van der Waals surface area (Å²) in [5.74, 6) is -0.402. The molecule has 0 heterocycles. The van der Waals surface area contributed by atoms with Crippen LogP contribution in [0.15, 0.2) is 65.6 Å². The van der Waals surface area contributed by atoms with Gasteiger partial charge in [0, 0.05) is 17.7 Å². The highest BCUT2D eigenvalue weighted by Crippen LogP contribution is 2.40. The van der Waals surface area contributed by atoms with Crippen LogP contribution in [-0.4, -0.2) is 35.7 Å². The van der Waals surface area contributed by atoms with E-state index in [0.717, 1.165) is 12.1 Å². The van der Waals surface area contributed by atoms with Gasteiger partial charge in [-0.25, -0.2) is 12.8 Å². The third-order valence-corrected chi connectivity index (χ3v) is 5.82. The summed E-state index contributed by atoms with van der Waals surface area (Å²) in [7, 11) is 0.0639. The monoisotopic (exact) mass is 460 g/mol. The van der Waals surface area contributed by atoms with Crippen LogP contribution in [0.1, 0.15) is 10.4 Å². The highest BCUT2D eigenvalue weighted by atomic mass is 32.2. The topological polar surface area (TPSA) is 103 Å². The molecule has 0 aromatic heterocycles. The number of carbonyl (C=O) groups is 1. The molecule has 168 valence electrons. The van der Waals surface area contributed by atoms with E-state index in [1.165, 1.54) is 57.7 Å². The van der Waals surface area contributed by atoms with E-state index in [2.05, 4.69) is 10.0 Å². The van der Waals surface area contributed by atoms with Gasteiger partial charge in [-0.1, -0.05) is 12.1 Å². The molecule has 3 rings (SSSR count). The van der Waals surface area contributed by atoms with E-state index in [4.69, 9.17) is 14.2 Å². The van der Waals surface area contributed by atoms with E-state index in [9.17, 15) is 17.6 Å². The van der Waals surface area contributed by atoms with E-state index in [1.807, 2.05) is 0 Å². The Labute approximate surface area is 185 Å². The van der Waals surface area contributed by atoms with Crippen molar-refractivity contribution < 1.29 is 31.8 Å². The molecular weight excluding hydrogens is 439 g/mol. The summed E-state index contributed by atoms with van der Waals surface area (Å²) in [5.41, 5.74) is 0.572. The van der Waals surface area contributed by atoms with Gasteiger partial charge in [0.15, 0.2) is 11.5 Å². The maximum atomic E-state index is 13.1. The molecule has 0 spiro atoms. The maximum Gasteiger partial charge on any atom is 0.262 e. The average Bonchev–Trinajstić information content (AvgIpc) is 2.79. The molecule has 1 amide bonds. The minimum absolute atomic E-state index is 0.133. The van der Waals surface area contributed by atoms with E-state index in [-0.39, 0.29) is 39.1 Å². The first kappa shape index (κ1) is 22.9. The van der Waals surface area contributed by atoms with E-state index in [1.54, 1.807) is 12.1 Å². The SMILES string of the molecule is COc1cc(S(=O)(=O)Nc2ccccc2NC(=O)c2ccc(F)cc2)cc(OC)c1OC. The number of benzene rings is 3. The predicted octanol–water partition coefficient (Wildman–Crippen LogP) is 3.90. The highest BCUT2D eigenvalue weighted by molar-refractivity contribution is 7.92. The smallest absolute Gasteiger partial charge is 0.262 e. The molecule has 2 N–H and O–H groups in total. The summed E-state index contributed by atoms with van der Waals surface area (Å²) in [6.07, 6.45) is 0. The molecule has 0 saturated heterocycles. The molecule has 3 aromatic rings. The van der Waals surface area contributed by atoms with Crippen molar-refractivity contribution in [3.8, 4) is 17.2 Å². The molecule has 0 bridgehead atoms. The van der Waals surface area contributed by atoms with Crippen molar-refractivity contribution in [2.75, 3.05) is 31.4 Å². The van der Waals surface area contributed by atoms with Crippen molar-refractivity contribution in [3.05, 3.63) is 72.0 Å². The Kier molecular flexibility index (Phi) is 6.84. The molecule has 0 fully saturated rings.